The molecule has 1 fully saturated rings. The molecule has 1 aliphatic heterocycles. The average molecular weight is 231 g/mol. The van der Waals surface area contributed by atoms with E-state index in [1.807, 2.05) is 13.0 Å². The second kappa shape index (κ2) is 4.91. The molecule has 17 heavy (non-hydrogen) atoms. The Labute approximate surface area is 104 Å². The first-order valence-electron chi connectivity index (χ1n) is 6.42. The molecule has 1 aliphatic rings. The summed E-state index contributed by atoms with van der Waals surface area (Å²) in [5.74, 6) is 1.57. The predicted molar refractivity (Wildman–Crippen MR) is 71.7 cm³/mol. The van der Waals surface area contributed by atoms with E-state index in [0.717, 1.165) is 42.3 Å². The molecule has 2 rings (SSSR count). The second-order valence-corrected chi connectivity index (χ2v) is 5.35. The number of carbonyl (C=O) groups excluding carboxylic acids is 1. The highest BCUT2D eigenvalue weighted by molar-refractivity contribution is 5.78. The van der Waals surface area contributed by atoms with Gasteiger partial charge in [0.2, 0.25) is 0 Å². The number of carbonyl (C=O) groups is 1. The van der Waals surface area contributed by atoms with E-state index in [-0.39, 0.29) is 0 Å². The van der Waals surface area contributed by atoms with Gasteiger partial charge < -0.3 is 4.90 Å². The summed E-state index contributed by atoms with van der Waals surface area (Å²) in [5.41, 5.74) is 3.13. The Morgan fingerprint density at radius 1 is 1.29 bits per heavy atom. The summed E-state index contributed by atoms with van der Waals surface area (Å²) >= 11 is 0. The highest BCUT2D eigenvalue weighted by atomic mass is 16.1. The molecule has 1 heterocycles. The second-order valence-electron chi connectivity index (χ2n) is 5.35. The molecule has 0 bridgehead atoms. The van der Waals surface area contributed by atoms with Crippen molar-refractivity contribution in [1.29, 1.82) is 0 Å². The fourth-order valence-corrected chi connectivity index (χ4v) is 2.49. The lowest BCUT2D eigenvalue weighted by molar-refractivity contribution is 0.112. The number of hydrogen-bond acceptors (Lipinski definition) is 2. The summed E-state index contributed by atoms with van der Waals surface area (Å²) in [6.45, 7) is 8.92. The monoisotopic (exact) mass is 231 g/mol. The van der Waals surface area contributed by atoms with Crippen molar-refractivity contribution in [3.05, 3.63) is 29.3 Å². The molecule has 1 saturated heterocycles. The normalized spacial score (nSPS) is 24.8. The summed E-state index contributed by atoms with van der Waals surface area (Å²) in [7, 11) is 0. The van der Waals surface area contributed by atoms with Gasteiger partial charge in [-0.25, -0.2) is 0 Å². The van der Waals surface area contributed by atoms with Gasteiger partial charge in [0.1, 0.15) is 6.29 Å². The number of aryl methyl sites for hydroxylation is 1. The molecular formula is C15H21NO. The van der Waals surface area contributed by atoms with Crippen LogP contribution in [0.2, 0.25) is 0 Å². The van der Waals surface area contributed by atoms with Crippen molar-refractivity contribution in [3.8, 4) is 0 Å². The number of piperidine rings is 1. The zero-order chi connectivity index (χ0) is 12.4. The minimum absolute atomic E-state index is 0.745. The molecule has 1 aromatic carbocycles. The molecule has 0 aromatic heterocycles. The smallest absolute Gasteiger partial charge is 0.150 e. The van der Waals surface area contributed by atoms with E-state index in [9.17, 15) is 4.79 Å². The van der Waals surface area contributed by atoms with Gasteiger partial charge in [-0.1, -0.05) is 13.8 Å². The van der Waals surface area contributed by atoms with Crippen LogP contribution in [0.15, 0.2) is 18.2 Å². The minimum Gasteiger partial charge on any atom is -0.371 e. The van der Waals surface area contributed by atoms with Gasteiger partial charge in [-0.3, -0.25) is 4.79 Å². The molecule has 0 aliphatic carbocycles. The van der Waals surface area contributed by atoms with Crippen molar-refractivity contribution in [1.82, 2.24) is 0 Å². The van der Waals surface area contributed by atoms with Crippen LogP contribution in [-0.4, -0.2) is 19.4 Å². The lowest BCUT2D eigenvalue weighted by atomic mass is 9.88. The topological polar surface area (TPSA) is 20.3 Å². The van der Waals surface area contributed by atoms with Crippen molar-refractivity contribution in [3.63, 3.8) is 0 Å². The number of benzene rings is 1. The molecule has 0 saturated carbocycles. The van der Waals surface area contributed by atoms with Crippen LogP contribution in [0.25, 0.3) is 0 Å². The molecule has 2 unspecified atom stereocenters. The van der Waals surface area contributed by atoms with Crippen molar-refractivity contribution in [2.45, 2.75) is 27.2 Å². The van der Waals surface area contributed by atoms with Crippen LogP contribution in [-0.2, 0) is 0 Å². The quantitative estimate of drug-likeness (QED) is 0.728. The highest BCUT2D eigenvalue weighted by Crippen LogP contribution is 2.27. The van der Waals surface area contributed by atoms with Gasteiger partial charge in [0.15, 0.2) is 0 Å². The van der Waals surface area contributed by atoms with E-state index in [0.29, 0.717) is 0 Å². The first kappa shape index (κ1) is 12.2. The third-order valence-corrected chi connectivity index (χ3v) is 4.08. The first-order chi connectivity index (χ1) is 8.11. The van der Waals surface area contributed by atoms with Crippen molar-refractivity contribution >= 4 is 12.0 Å². The molecule has 0 radical (unpaired) electrons. The van der Waals surface area contributed by atoms with E-state index >= 15 is 0 Å². The number of aldehydes is 1. The van der Waals surface area contributed by atoms with Gasteiger partial charge in [0.25, 0.3) is 0 Å². The van der Waals surface area contributed by atoms with Crippen LogP contribution in [0.3, 0.4) is 0 Å². The summed E-state index contributed by atoms with van der Waals surface area (Å²) < 4.78 is 0. The first-order valence-corrected chi connectivity index (χ1v) is 6.42. The Morgan fingerprint density at radius 3 is 2.65 bits per heavy atom. The Balaban J connectivity index is 2.18. The minimum atomic E-state index is 0.745. The van der Waals surface area contributed by atoms with Crippen LogP contribution in [0.5, 0.6) is 0 Å². The Bertz CT molecular complexity index is 413. The standard InChI is InChI=1S/C15H21NO/c1-11-6-7-16(9-13(11)3)15-5-4-14(10-17)12(2)8-15/h4-5,8,10-11,13H,6-7,9H2,1-3H3. The number of anilines is 1. The van der Waals surface area contributed by atoms with Gasteiger partial charge in [-0.2, -0.15) is 0 Å². The maximum Gasteiger partial charge on any atom is 0.150 e. The van der Waals surface area contributed by atoms with Crippen LogP contribution in [0.4, 0.5) is 5.69 Å². The fourth-order valence-electron chi connectivity index (χ4n) is 2.49. The fraction of sp³-hybridized carbons (Fsp3) is 0.533. The highest BCUT2D eigenvalue weighted by Gasteiger charge is 2.22. The Morgan fingerprint density at radius 2 is 2.06 bits per heavy atom. The van der Waals surface area contributed by atoms with Crippen molar-refractivity contribution in [2.24, 2.45) is 11.8 Å². The molecule has 0 spiro atoms. The summed E-state index contributed by atoms with van der Waals surface area (Å²) in [6, 6.07) is 6.13. The Kier molecular flexibility index (Phi) is 3.51. The predicted octanol–water partition coefficient (Wildman–Crippen LogP) is 3.29. The largest absolute Gasteiger partial charge is 0.371 e. The van der Waals surface area contributed by atoms with E-state index in [2.05, 4.69) is 30.9 Å². The van der Waals surface area contributed by atoms with Crippen LogP contribution < -0.4 is 4.90 Å². The Hall–Kier alpha value is -1.31. The van der Waals surface area contributed by atoms with Gasteiger partial charge in [0.05, 0.1) is 0 Å². The van der Waals surface area contributed by atoms with Crippen molar-refractivity contribution < 1.29 is 4.79 Å². The molecule has 2 nitrogen and oxygen atoms in total. The maximum atomic E-state index is 10.8. The number of nitrogens with zero attached hydrogens (tertiary/aromatic N) is 1. The third kappa shape index (κ3) is 2.51. The molecule has 2 atom stereocenters. The van der Waals surface area contributed by atoms with E-state index in [1.54, 1.807) is 0 Å². The van der Waals surface area contributed by atoms with Gasteiger partial charge in [0, 0.05) is 24.3 Å². The molecule has 1 aromatic rings. The summed E-state index contributed by atoms with van der Waals surface area (Å²) in [5, 5.41) is 0. The summed E-state index contributed by atoms with van der Waals surface area (Å²) in [4.78, 5) is 13.2. The van der Waals surface area contributed by atoms with Crippen molar-refractivity contribution in [2.75, 3.05) is 18.0 Å². The van der Waals surface area contributed by atoms with Crippen LogP contribution >= 0.6 is 0 Å². The molecule has 0 N–H and O–H groups in total. The zero-order valence-corrected chi connectivity index (χ0v) is 10.9. The number of rotatable bonds is 2. The lowest BCUT2D eigenvalue weighted by Gasteiger charge is -2.37. The van der Waals surface area contributed by atoms with Gasteiger partial charge in [-0.15, -0.1) is 0 Å². The van der Waals surface area contributed by atoms with Crippen LogP contribution in [0.1, 0.15) is 36.2 Å². The van der Waals surface area contributed by atoms with Crippen LogP contribution in [0, 0.1) is 18.8 Å². The SMILES string of the molecule is Cc1cc(N2CCC(C)C(C)C2)ccc1C=O. The molecule has 92 valence electrons. The zero-order valence-electron chi connectivity index (χ0n) is 10.9. The molecule has 2 heteroatoms. The summed E-state index contributed by atoms with van der Waals surface area (Å²) in [6.07, 6.45) is 2.19. The van der Waals surface area contributed by atoms with Gasteiger partial charge in [-0.05, 0) is 48.9 Å². The number of hydrogen-bond donors (Lipinski definition) is 0. The van der Waals surface area contributed by atoms with E-state index in [1.165, 1.54) is 12.1 Å². The molecule has 0 amide bonds. The maximum absolute atomic E-state index is 10.8. The lowest BCUT2D eigenvalue weighted by Crippen LogP contribution is -2.38. The average Bonchev–Trinajstić information content (AvgIpc) is 2.32. The third-order valence-electron chi connectivity index (χ3n) is 4.08. The molecular weight excluding hydrogens is 210 g/mol. The van der Waals surface area contributed by atoms with Gasteiger partial charge >= 0.3 is 0 Å². The van der Waals surface area contributed by atoms with E-state index in [4.69, 9.17) is 0 Å². The van der Waals surface area contributed by atoms with E-state index < -0.39 is 0 Å².